The Labute approximate surface area is 107 Å². The van der Waals surface area contributed by atoms with Crippen LogP contribution in [0.4, 0.5) is 10.1 Å². The summed E-state index contributed by atoms with van der Waals surface area (Å²) < 4.78 is 39.0. The molecule has 0 saturated carbocycles. The number of halogens is 2. The summed E-state index contributed by atoms with van der Waals surface area (Å²) in [6.45, 7) is -0.191. The first-order valence-electron chi connectivity index (χ1n) is 4.65. The molecule has 0 amide bonds. The van der Waals surface area contributed by atoms with E-state index in [0.29, 0.717) is 5.69 Å². The number of nitrogens with zero attached hydrogens (tertiary/aromatic N) is 1. The summed E-state index contributed by atoms with van der Waals surface area (Å²) in [5, 5.41) is 0. The summed E-state index contributed by atoms with van der Waals surface area (Å²) in [4.78, 5) is 1.89. The largest absolute Gasteiger partial charge is 0.354 e. The Morgan fingerprint density at radius 3 is 2.94 bits per heavy atom. The molecule has 0 bridgehead atoms. The molecule has 1 aliphatic heterocycles. The van der Waals surface area contributed by atoms with Gasteiger partial charge in [-0.25, -0.2) is 12.8 Å². The third kappa shape index (κ3) is 2.16. The fourth-order valence-electron chi connectivity index (χ4n) is 1.59. The van der Waals surface area contributed by atoms with Gasteiger partial charge in [-0.15, -0.1) is 0 Å². The predicted molar refractivity (Wildman–Crippen MR) is 67.7 cm³/mol. The summed E-state index contributed by atoms with van der Waals surface area (Å²) >= 11 is 2.05. The van der Waals surface area contributed by atoms with E-state index in [-0.39, 0.29) is 18.1 Å². The SMILES string of the molecule is O=S1(=O)NCN(CCF)c2ccc(I)cc21. The zero-order valence-electron chi connectivity index (χ0n) is 8.28. The van der Waals surface area contributed by atoms with Gasteiger partial charge in [-0.1, -0.05) is 0 Å². The molecule has 16 heavy (non-hydrogen) atoms. The Morgan fingerprint density at radius 1 is 1.50 bits per heavy atom. The lowest BCUT2D eigenvalue weighted by atomic mass is 10.3. The molecule has 0 fully saturated rings. The molecule has 7 heteroatoms. The normalized spacial score (nSPS) is 18.2. The quantitative estimate of drug-likeness (QED) is 0.814. The van der Waals surface area contributed by atoms with Gasteiger partial charge in [0.2, 0.25) is 10.0 Å². The number of alkyl halides is 1. The van der Waals surface area contributed by atoms with Crippen molar-refractivity contribution in [2.45, 2.75) is 4.90 Å². The van der Waals surface area contributed by atoms with E-state index in [1.165, 1.54) is 0 Å². The number of fused-ring (bicyclic) bond motifs is 1. The maximum Gasteiger partial charge on any atom is 0.244 e. The minimum absolute atomic E-state index is 0.125. The van der Waals surface area contributed by atoms with Crippen LogP contribution in [-0.2, 0) is 10.0 Å². The number of sulfonamides is 1. The zero-order chi connectivity index (χ0) is 11.8. The average Bonchev–Trinajstić information content (AvgIpc) is 2.23. The maximum absolute atomic E-state index is 12.3. The molecule has 1 aromatic carbocycles. The lowest BCUT2D eigenvalue weighted by Gasteiger charge is -2.30. The van der Waals surface area contributed by atoms with E-state index in [4.69, 9.17) is 0 Å². The lowest BCUT2D eigenvalue weighted by Crippen LogP contribution is -2.44. The summed E-state index contributed by atoms with van der Waals surface area (Å²) in [5.41, 5.74) is 0.566. The molecule has 0 unspecified atom stereocenters. The van der Waals surface area contributed by atoms with Crippen molar-refractivity contribution in [1.29, 1.82) is 0 Å². The molecule has 0 aromatic heterocycles. The number of hydrogen-bond acceptors (Lipinski definition) is 3. The van der Waals surface area contributed by atoms with Crippen molar-refractivity contribution in [3.8, 4) is 0 Å². The molecule has 0 atom stereocenters. The van der Waals surface area contributed by atoms with Crippen molar-refractivity contribution in [2.75, 3.05) is 24.8 Å². The van der Waals surface area contributed by atoms with Gasteiger partial charge in [-0.3, -0.25) is 0 Å². The second kappa shape index (κ2) is 4.46. The molecular formula is C9H10FIN2O2S. The fourth-order valence-corrected chi connectivity index (χ4v) is 3.53. The summed E-state index contributed by atoms with van der Waals surface area (Å²) in [5.74, 6) is 0. The molecule has 0 saturated heterocycles. The molecule has 0 aliphatic carbocycles. The summed E-state index contributed by atoms with van der Waals surface area (Å²) in [7, 11) is -3.43. The standard InChI is InChI=1S/C9H10FIN2O2S/c10-3-4-13-6-12-16(14,15)9-5-7(11)1-2-8(9)13/h1-2,5,12H,3-4,6H2. The van der Waals surface area contributed by atoms with Crippen LogP contribution < -0.4 is 9.62 Å². The minimum Gasteiger partial charge on any atom is -0.354 e. The summed E-state index contributed by atoms with van der Waals surface area (Å²) in [6, 6.07) is 5.11. The Kier molecular flexibility index (Phi) is 3.36. The molecule has 4 nitrogen and oxygen atoms in total. The zero-order valence-corrected chi connectivity index (χ0v) is 11.3. The second-order valence-corrected chi connectivity index (χ2v) is 6.35. The van der Waals surface area contributed by atoms with Crippen molar-refractivity contribution in [2.24, 2.45) is 0 Å². The van der Waals surface area contributed by atoms with Gasteiger partial charge >= 0.3 is 0 Å². The molecule has 1 aromatic rings. The van der Waals surface area contributed by atoms with E-state index < -0.39 is 16.7 Å². The van der Waals surface area contributed by atoms with Crippen LogP contribution >= 0.6 is 22.6 Å². The van der Waals surface area contributed by atoms with Crippen LogP contribution in [-0.4, -0.2) is 28.3 Å². The first kappa shape index (κ1) is 12.1. The predicted octanol–water partition coefficient (Wildman–Crippen LogP) is 1.32. The molecule has 1 aliphatic rings. The van der Waals surface area contributed by atoms with Crippen molar-refractivity contribution in [3.05, 3.63) is 21.8 Å². The van der Waals surface area contributed by atoms with Gasteiger partial charge < -0.3 is 4.90 Å². The van der Waals surface area contributed by atoms with Gasteiger partial charge in [0.15, 0.2) is 0 Å². The van der Waals surface area contributed by atoms with Crippen molar-refractivity contribution >= 4 is 38.3 Å². The Morgan fingerprint density at radius 2 is 2.25 bits per heavy atom. The van der Waals surface area contributed by atoms with E-state index in [1.807, 2.05) is 28.7 Å². The smallest absolute Gasteiger partial charge is 0.244 e. The number of anilines is 1. The molecule has 2 rings (SSSR count). The van der Waals surface area contributed by atoms with Gasteiger partial charge in [0.1, 0.15) is 11.6 Å². The average molecular weight is 356 g/mol. The van der Waals surface area contributed by atoms with Crippen molar-refractivity contribution in [3.63, 3.8) is 0 Å². The topological polar surface area (TPSA) is 49.4 Å². The highest BCUT2D eigenvalue weighted by Gasteiger charge is 2.27. The monoisotopic (exact) mass is 356 g/mol. The number of rotatable bonds is 2. The Balaban J connectivity index is 2.53. The van der Waals surface area contributed by atoms with Crippen LogP contribution in [0.2, 0.25) is 0 Å². The van der Waals surface area contributed by atoms with Crippen LogP contribution in [0.5, 0.6) is 0 Å². The molecule has 0 radical (unpaired) electrons. The van der Waals surface area contributed by atoms with E-state index in [1.54, 1.807) is 17.0 Å². The van der Waals surface area contributed by atoms with Gasteiger partial charge in [0, 0.05) is 10.1 Å². The minimum atomic E-state index is -3.43. The molecule has 1 heterocycles. The third-order valence-corrected chi connectivity index (χ3v) is 4.44. The Bertz CT molecular complexity index is 506. The highest BCUT2D eigenvalue weighted by molar-refractivity contribution is 14.1. The third-order valence-electron chi connectivity index (χ3n) is 2.35. The van der Waals surface area contributed by atoms with Gasteiger partial charge in [-0.2, -0.15) is 4.72 Å². The lowest BCUT2D eigenvalue weighted by molar-refractivity contribution is 0.483. The second-order valence-electron chi connectivity index (χ2n) is 3.37. The van der Waals surface area contributed by atoms with Crippen LogP contribution in [0, 0.1) is 3.57 Å². The Hall–Kier alpha value is -0.410. The van der Waals surface area contributed by atoms with E-state index in [9.17, 15) is 12.8 Å². The maximum atomic E-state index is 12.3. The van der Waals surface area contributed by atoms with Gasteiger partial charge in [0.05, 0.1) is 12.4 Å². The number of nitrogens with one attached hydrogen (secondary N) is 1. The van der Waals surface area contributed by atoms with Gasteiger partial charge in [-0.05, 0) is 40.8 Å². The number of hydrogen-bond donors (Lipinski definition) is 1. The highest BCUT2D eigenvalue weighted by atomic mass is 127. The van der Waals surface area contributed by atoms with E-state index in [2.05, 4.69) is 4.72 Å². The number of benzene rings is 1. The fraction of sp³-hybridized carbons (Fsp3) is 0.333. The van der Waals surface area contributed by atoms with Gasteiger partial charge in [0.25, 0.3) is 0 Å². The van der Waals surface area contributed by atoms with Crippen molar-refractivity contribution in [1.82, 2.24) is 4.72 Å². The first-order chi connectivity index (χ1) is 7.54. The molecular weight excluding hydrogens is 346 g/mol. The van der Waals surface area contributed by atoms with Crippen molar-refractivity contribution < 1.29 is 12.8 Å². The molecule has 0 spiro atoms. The highest BCUT2D eigenvalue weighted by Crippen LogP contribution is 2.29. The van der Waals surface area contributed by atoms with E-state index in [0.717, 1.165) is 3.57 Å². The summed E-state index contributed by atoms with van der Waals surface area (Å²) in [6.07, 6.45) is 0. The van der Waals surface area contributed by atoms with Crippen LogP contribution in [0.1, 0.15) is 0 Å². The van der Waals surface area contributed by atoms with Crippen LogP contribution in [0.15, 0.2) is 23.1 Å². The first-order valence-corrected chi connectivity index (χ1v) is 7.21. The molecule has 88 valence electrons. The van der Waals surface area contributed by atoms with Crippen LogP contribution in [0.25, 0.3) is 0 Å². The molecule has 1 N–H and O–H groups in total. The van der Waals surface area contributed by atoms with E-state index >= 15 is 0 Å². The van der Waals surface area contributed by atoms with Crippen LogP contribution in [0.3, 0.4) is 0 Å².